The molecular formula is C30H61NaO4S. The van der Waals surface area contributed by atoms with Crippen LogP contribution < -0.4 is 29.6 Å². The normalized spacial score (nSPS) is 11.8. The molecule has 0 aromatic rings. The molecule has 0 heterocycles. The van der Waals surface area contributed by atoms with Crippen molar-refractivity contribution in [2.75, 3.05) is 6.61 Å². The Kier molecular flexibility index (Phi) is 33.0. The molecule has 6 heteroatoms. The van der Waals surface area contributed by atoms with E-state index in [1.807, 2.05) is 0 Å². The smallest absolute Gasteiger partial charge is 0.726 e. The zero-order valence-electron chi connectivity index (χ0n) is 24.7. The molecule has 4 nitrogen and oxygen atoms in total. The van der Waals surface area contributed by atoms with Crippen LogP contribution in [0.1, 0.15) is 181 Å². The SMILES string of the molecule is CCCCCCCCCCCCCCC(CCCCCCCCCCCCCC)COS(=O)(=O)[O-].[Na+]. The van der Waals surface area contributed by atoms with Gasteiger partial charge in [-0.15, -0.1) is 0 Å². The summed E-state index contributed by atoms with van der Waals surface area (Å²) in [7, 11) is -4.58. The van der Waals surface area contributed by atoms with E-state index in [1.54, 1.807) is 0 Å². The fraction of sp³-hybridized carbons (Fsp3) is 1.00. The van der Waals surface area contributed by atoms with Crippen molar-refractivity contribution < 1.29 is 46.7 Å². The van der Waals surface area contributed by atoms with Gasteiger partial charge in [0.15, 0.2) is 0 Å². The van der Waals surface area contributed by atoms with Gasteiger partial charge < -0.3 is 4.55 Å². The first-order chi connectivity index (χ1) is 17.0. The van der Waals surface area contributed by atoms with Gasteiger partial charge in [0.2, 0.25) is 10.4 Å². The van der Waals surface area contributed by atoms with Crippen LogP contribution in [0.25, 0.3) is 0 Å². The monoisotopic (exact) mass is 540 g/mol. The summed E-state index contributed by atoms with van der Waals surface area (Å²) in [4.78, 5) is 0. The molecule has 0 fully saturated rings. The molecule has 0 spiro atoms. The molecule has 0 saturated heterocycles. The van der Waals surface area contributed by atoms with Crippen LogP contribution in [0.15, 0.2) is 0 Å². The van der Waals surface area contributed by atoms with E-state index in [-0.39, 0.29) is 42.1 Å². The Labute approximate surface area is 249 Å². The van der Waals surface area contributed by atoms with Crippen molar-refractivity contribution in [3.63, 3.8) is 0 Å². The van der Waals surface area contributed by atoms with Gasteiger partial charge in [0.25, 0.3) is 0 Å². The second-order valence-electron chi connectivity index (χ2n) is 10.9. The van der Waals surface area contributed by atoms with Gasteiger partial charge in [-0.25, -0.2) is 8.42 Å². The summed E-state index contributed by atoms with van der Waals surface area (Å²) in [5, 5.41) is 0. The van der Waals surface area contributed by atoms with Crippen LogP contribution in [0.2, 0.25) is 0 Å². The molecule has 0 saturated carbocycles. The number of rotatable bonds is 29. The van der Waals surface area contributed by atoms with Crippen molar-refractivity contribution in [2.45, 2.75) is 181 Å². The Morgan fingerprint density at radius 1 is 0.500 bits per heavy atom. The predicted octanol–water partition coefficient (Wildman–Crippen LogP) is 7.27. The first-order valence-electron chi connectivity index (χ1n) is 15.6. The molecule has 0 N–H and O–H groups in total. The third-order valence-electron chi connectivity index (χ3n) is 7.38. The number of unbranched alkanes of at least 4 members (excludes halogenated alkanes) is 22. The second kappa shape index (κ2) is 30.4. The summed E-state index contributed by atoms with van der Waals surface area (Å²) < 4.78 is 37.3. The minimum atomic E-state index is -4.58. The molecular weight excluding hydrogens is 479 g/mol. The largest absolute Gasteiger partial charge is 1.00 e. The molecule has 0 atom stereocenters. The molecule has 0 aliphatic rings. The van der Waals surface area contributed by atoms with Gasteiger partial charge in [0.05, 0.1) is 6.61 Å². The van der Waals surface area contributed by atoms with Crippen LogP contribution in [0.5, 0.6) is 0 Å². The van der Waals surface area contributed by atoms with E-state index in [9.17, 15) is 13.0 Å². The fourth-order valence-corrected chi connectivity index (χ4v) is 5.40. The second-order valence-corrected chi connectivity index (χ2v) is 12.0. The van der Waals surface area contributed by atoms with Crippen molar-refractivity contribution in [2.24, 2.45) is 5.92 Å². The molecule has 36 heavy (non-hydrogen) atoms. The van der Waals surface area contributed by atoms with Crippen molar-refractivity contribution in [3.05, 3.63) is 0 Å². The van der Waals surface area contributed by atoms with Crippen molar-refractivity contribution in [3.8, 4) is 0 Å². The van der Waals surface area contributed by atoms with Crippen LogP contribution >= 0.6 is 0 Å². The maximum Gasteiger partial charge on any atom is 1.00 e. The maximum absolute atomic E-state index is 10.9. The Balaban J connectivity index is 0. The maximum atomic E-state index is 10.9. The Bertz CT molecular complexity index is 485. The molecule has 0 radical (unpaired) electrons. The Hall–Kier alpha value is 0.870. The van der Waals surface area contributed by atoms with Gasteiger partial charge in [-0.1, -0.05) is 168 Å². The Morgan fingerprint density at radius 2 is 0.750 bits per heavy atom. The molecule has 0 unspecified atom stereocenters. The van der Waals surface area contributed by atoms with Gasteiger partial charge in [-0.05, 0) is 18.8 Å². The van der Waals surface area contributed by atoms with Gasteiger partial charge in [-0.3, -0.25) is 4.18 Å². The molecule has 0 aromatic heterocycles. The molecule has 0 amide bonds. The van der Waals surface area contributed by atoms with E-state index in [1.165, 1.54) is 141 Å². The van der Waals surface area contributed by atoms with Crippen LogP contribution in [-0.4, -0.2) is 19.6 Å². The van der Waals surface area contributed by atoms with Gasteiger partial charge >= 0.3 is 29.6 Å². The number of hydrogen-bond donors (Lipinski definition) is 0. The van der Waals surface area contributed by atoms with Crippen molar-refractivity contribution in [1.82, 2.24) is 0 Å². The van der Waals surface area contributed by atoms with E-state index >= 15 is 0 Å². The quantitative estimate of drug-likeness (QED) is 0.0433. The summed E-state index contributed by atoms with van der Waals surface area (Å²) >= 11 is 0. The van der Waals surface area contributed by atoms with Gasteiger partial charge in [0, 0.05) is 0 Å². The molecule has 0 rings (SSSR count). The molecule has 0 bridgehead atoms. The third kappa shape index (κ3) is 32.9. The average Bonchev–Trinajstić information content (AvgIpc) is 2.82. The molecule has 0 aliphatic heterocycles. The minimum absolute atomic E-state index is 0. The van der Waals surface area contributed by atoms with Crippen LogP contribution in [0, 0.1) is 5.92 Å². The summed E-state index contributed by atoms with van der Waals surface area (Å²) in [5.74, 6) is 0.199. The van der Waals surface area contributed by atoms with E-state index in [2.05, 4.69) is 18.0 Å². The van der Waals surface area contributed by atoms with E-state index < -0.39 is 10.4 Å². The molecule has 0 aliphatic carbocycles. The first kappa shape index (κ1) is 39.0. The Morgan fingerprint density at radius 3 is 1.00 bits per heavy atom. The average molecular weight is 541 g/mol. The van der Waals surface area contributed by atoms with Gasteiger partial charge in [-0.2, -0.15) is 0 Å². The number of hydrogen-bond acceptors (Lipinski definition) is 4. The minimum Gasteiger partial charge on any atom is -0.726 e. The van der Waals surface area contributed by atoms with Crippen molar-refractivity contribution >= 4 is 10.4 Å². The first-order valence-corrected chi connectivity index (χ1v) is 16.9. The summed E-state index contributed by atoms with van der Waals surface area (Å²) in [6, 6.07) is 0. The van der Waals surface area contributed by atoms with Gasteiger partial charge in [0.1, 0.15) is 0 Å². The van der Waals surface area contributed by atoms with E-state index in [4.69, 9.17) is 0 Å². The van der Waals surface area contributed by atoms with E-state index in [0.717, 1.165) is 25.7 Å². The predicted molar refractivity (Wildman–Crippen MR) is 151 cm³/mol. The zero-order valence-corrected chi connectivity index (χ0v) is 27.5. The topological polar surface area (TPSA) is 66.4 Å². The molecule has 212 valence electrons. The summed E-state index contributed by atoms with van der Waals surface area (Å²) in [5.41, 5.74) is 0. The van der Waals surface area contributed by atoms with Crippen molar-refractivity contribution in [1.29, 1.82) is 0 Å². The van der Waals surface area contributed by atoms with E-state index in [0.29, 0.717) is 0 Å². The summed E-state index contributed by atoms with van der Waals surface area (Å²) in [6.07, 6.45) is 33.7. The van der Waals surface area contributed by atoms with Crippen LogP contribution in [0.3, 0.4) is 0 Å². The standard InChI is InChI=1S/C30H62O4S.Na/c1-3-5-7-9-11-13-15-17-19-21-23-25-27-30(29-34-35(31,32)33)28-26-24-22-20-18-16-14-12-10-8-6-4-2;/h30H,3-29H2,1-2H3,(H,31,32,33);/q;+1/p-1. The fourth-order valence-electron chi connectivity index (χ4n) is 5.04. The summed E-state index contributed by atoms with van der Waals surface area (Å²) in [6.45, 7) is 4.60. The third-order valence-corrected chi connectivity index (χ3v) is 7.80. The zero-order chi connectivity index (χ0) is 25.9. The van der Waals surface area contributed by atoms with Crippen LogP contribution in [0.4, 0.5) is 0 Å². The van der Waals surface area contributed by atoms with Crippen LogP contribution in [-0.2, 0) is 14.6 Å². The molecule has 0 aromatic carbocycles.